The zero-order valence-electron chi connectivity index (χ0n) is 15.9. The maximum Gasteiger partial charge on any atom is 0.336 e. The lowest BCUT2D eigenvalue weighted by Crippen LogP contribution is -2.41. The number of hydrogen-bond acceptors (Lipinski definition) is 4. The molecule has 1 fully saturated rings. The number of carbonyl (C=O) groups is 3. The van der Waals surface area contributed by atoms with Crippen LogP contribution in [0.5, 0.6) is 0 Å². The molecule has 3 N–H and O–H groups in total. The Morgan fingerprint density at radius 2 is 1.59 bits per heavy atom. The van der Waals surface area contributed by atoms with Gasteiger partial charge in [0, 0.05) is 6.04 Å². The summed E-state index contributed by atoms with van der Waals surface area (Å²) in [5, 5.41) is 20.9. The van der Waals surface area contributed by atoms with Gasteiger partial charge in [0.15, 0.2) is 12.2 Å². The molecule has 1 aliphatic rings. The Labute approximate surface area is 168 Å². The zero-order chi connectivity index (χ0) is 21.0. The molecule has 1 amide bonds. The van der Waals surface area contributed by atoms with Gasteiger partial charge in [-0.05, 0) is 29.5 Å². The van der Waals surface area contributed by atoms with Crippen LogP contribution in [-0.2, 0) is 25.5 Å². The summed E-state index contributed by atoms with van der Waals surface area (Å²) in [4.78, 5) is 34.4. The Kier molecular flexibility index (Phi) is 6.29. The third kappa shape index (κ3) is 5.42. The van der Waals surface area contributed by atoms with Crippen LogP contribution in [0.15, 0.2) is 54.6 Å². The first kappa shape index (κ1) is 20.5. The van der Waals surface area contributed by atoms with Crippen molar-refractivity contribution in [3.05, 3.63) is 60.2 Å². The van der Waals surface area contributed by atoms with E-state index in [1.807, 2.05) is 54.6 Å². The number of nitrogens with one attached hydrogen (secondary N) is 1. The van der Waals surface area contributed by atoms with Gasteiger partial charge < -0.3 is 20.3 Å². The molecule has 0 saturated carbocycles. The molecule has 152 valence electrons. The Balaban J connectivity index is 1.68. The van der Waals surface area contributed by atoms with Gasteiger partial charge in [0.25, 0.3) is 5.91 Å². The number of hydrogen-bond donors (Lipinski definition) is 3. The molecule has 1 saturated heterocycles. The van der Waals surface area contributed by atoms with Gasteiger partial charge in [-0.1, -0.05) is 61.5 Å². The van der Waals surface area contributed by atoms with E-state index in [4.69, 9.17) is 9.84 Å². The molecule has 4 atom stereocenters. The fraction of sp³-hybridized carbons (Fsp3) is 0.318. The number of epoxide rings is 1. The van der Waals surface area contributed by atoms with E-state index in [1.54, 1.807) is 6.92 Å². The molecule has 1 heterocycles. The largest absolute Gasteiger partial charge is 0.481 e. The van der Waals surface area contributed by atoms with Crippen molar-refractivity contribution in [2.45, 2.75) is 38.0 Å². The van der Waals surface area contributed by atoms with Crippen molar-refractivity contribution in [2.24, 2.45) is 5.92 Å². The lowest BCUT2D eigenvalue weighted by atomic mass is 9.94. The van der Waals surface area contributed by atoms with E-state index in [0.29, 0.717) is 6.42 Å². The molecule has 0 spiro atoms. The van der Waals surface area contributed by atoms with Crippen molar-refractivity contribution in [1.29, 1.82) is 0 Å². The molecule has 1 aliphatic heterocycles. The molecule has 2 aromatic carbocycles. The molecule has 0 aliphatic carbocycles. The van der Waals surface area contributed by atoms with E-state index in [1.165, 1.54) is 0 Å². The lowest BCUT2D eigenvalue weighted by Gasteiger charge is -2.20. The predicted octanol–water partition coefficient (Wildman–Crippen LogP) is 2.34. The van der Waals surface area contributed by atoms with Gasteiger partial charge in [-0.25, -0.2) is 4.79 Å². The number of carboxylic acids is 2. The number of ether oxygens (including phenoxy) is 1. The highest BCUT2D eigenvalue weighted by molar-refractivity contribution is 5.92. The SMILES string of the molecule is C[C@H](C[C@@H](Cc1ccc(-c2ccccc2)cc1)NC(=O)[C@@H]1O[C@@H]1C(=O)O)C(=O)O. The summed E-state index contributed by atoms with van der Waals surface area (Å²) in [6.07, 6.45) is -1.48. The number of aliphatic carboxylic acids is 2. The van der Waals surface area contributed by atoms with E-state index < -0.39 is 42.0 Å². The van der Waals surface area contributed by atoms with Gasteiger partial charge in [0.2, 0.25) is 0 Å². The molecule has 7 heteroatoms. The van der Waals surface area contributed by atoms with Crippen LogP contribution in [0.2, 0.25) is 0 Å². The van der Waals surface area contributed by atoms with Crippen LogP contribution in [0, 0.1) is 5.92 Å². The molecule has 0 bridgehead atoms. The quantitative estimate of drug-likeness (QED) is 0.559. The van der Waals surface area contributed by atoms with Crippen molar-refractivity contribution >= 4 is 17.8 Å². The standard InChI is InChI=1S/C22H23NO6/c1-13(21(25)26)11-17(23-20(24)18-19(29-18)22(27)28)12-14-7-9-16(10-8-14)15-5-3-2-4-6-15/h2-10,13,17-19H,11-12H2,1H3,(H,23,24)(H,25,26)(H,27,28)/t13-,17+,18-,19+/m1/s1. The molecular formula is C22H23NO6. The second kappa shape index (κ2) is 8.87. The van der Waals surface area contributed by atoms with Gasteiger partial charge in [0.05, 0.1) is 5.92 Å². The topological polar surface area (TPSA) is 116 Å². The minimum absolute atomic E-state index is 0.228. The molecule has 7 nitrogen and oxygen atoms in total. The highest BCUT2D eigenvalue weighted by atomic mass is 16.6. The molecule has 0 aromatic heterocycles. The normalized spacial score (nSPS) is 19.8. The van der Waals surface area contributed by atoms with Crippen molar-refractivity contribution in [2.75, 3.05) is 0 Å². The van der Waals surface area contributed by atoms with Crippen molar-refractivity contribution in [3.63, 3.8) is 0 Å². The first-order valence-electron chi connectivity index (χ1n) is 9.41. The minimum Gasteiger partial charge on any atom is -0.481 e. The minimum atomic E-state index is -1.18. The van der Waals surface area contributed by atoms with Gasteiger partial charge in [-0.2, -0.15) is 0 Å². The zero-order valence-corrected chi connectivity index (χ0v) is 15.9. The highest BCUT2D eigenvalue weighted by Gasteiger charge is 2.51. The summed E-state index contributed by atoms with van der Waals surface area (Å²) in [7, 11) is 0. The highest BCUT2D eigenvalue weighted by Crippen LogP contribution is 2.24. The van der Waals surface area contributed by atoms with Crippen LogP contribution in [0.4, 0.5) is 0 Å². The lowest BCUT2D eigenvalue weighted by molar-refractivity contribution is -0.142. The number of rotatable bonds is 9. The van der Waals surface area contributed by atoms with Crippen LogP contribution in [-0.4, -0.2) is 46.3 Å². The second-order valence-corrected chi connectivity index (χ2v) is 7.26. The second-order valence-electron chi connectivity index (χ2n) is 7.26. The smallest absolute Gasteiger partial charge is 0.336 e. The Morgan fingerprint density at radius 3 is 2.14 bits per heavy atom. The van der Waals surface area contributed by atoms with E-state index >= 15 is 0 Å². The summed E-state index contributed by atoms with van der Waals surface area (Å²) < 4.78 is 4.88. The molecule has 0 radical (unpaired) electrons. The van der Waals surface area contributed by atoms with E-state index in [2.05, 4.69) is 5.32 Å². The fourth-order valence-corrected chi connectivity index (χ4v) is 3.25. The van der Waals surface area contributed by atoms with Crippen LogP contribution in [0.3, 0.4) is 0 Å². The third-order valence-electron chi connectivity index (χ3n) is 4.94. The average Bonchev–Trinajstić information content (AvgIpc) is 3.50. The van der Waals surface area contributed by atoms with Crippen molar-refractivity contribution < 1.29 is 29.3 Å². The maximum absolute atomic E-state index is 12.3. The molecule has 2 aromatic rings. The maximum atomic E-state index is 12.3. The number of amides is 1. The van der Waals surface area contributed by atoms with Gasteiger partial charge in [-0.3, -0.25) is 9.59 Å². The summed E-state index contributed by atoms with van der Waals surface area (Å²) in [6, 6.07) is 17.3. The van der Waals surface area contributed by atoms with Crippen LogP contribution < -0.4 is 5.32 Å². The van der Waals surface area contributed by atoms with Gasteiger partial charge in [-0.15, -0.1) is 0 Å². The molecular weight excluding hydrogens is 374 g/mol. The first-order valence-corrected chi connectivity index (χ1v) is 9.41. The fourth-order valence-electron chi connectivity index (χ4n) is 3.25. The van der Waals surface area contributed by atoms with E-state index in [0.717, 1.165) is 16.7 Å². The third-order valence-corrected chi connectivity index (χ3v) is 4.94. The van der Waals surface area contributed by atoms with Crippen LogP contribution in [0.1, 0.15) is 18.9 Å². The van der Waals surface area contributed by atoms with Crippen molar-refractivity contribution in [3.8, 4) is 11.1 Å². The van der Waals surface area contributed by atoms with Gasteiger partial charge in [0.1, 0.15) is 0 Å². The summed E-state index contributed by atoms with van der Waals surface area (Å²) in [5.41, 5.74) is 3.09. The average molecular weight is 397 g/mol. The van der Waals surface area contributed by atoms with E-state index in [9.17, 15) is 19.5 Å². The predicted molar refractivity (Wildman–Crippen MR) is 105 cm³/mol. The van der Waals surface area contributed by atoms with Crippen molar-refractivity contribution in [1.82, 2.24) is 5.32 Å². The summed E-state index contributed by atoms with van der Waals surface area (Å²) in [6.45, 7) is 1.58. The van der Waals surface area contributed by atoms with Gasteiger partial charge >= 0.3 is 11.9 Å². The summed E-state index contributed by atoms with van der Waals surface area (Å²) >= 11 is 0. The van der Waals surface area contributed by atoms with Crippen LogP contribution in [0.25, 0.3) is 11.1 Å². The molecule has 0 unspecified atom stereocenters. The number of carboxylic acid groups (broad SMARTS) is 2. The first-order chi connectivity index (χ1) is 13.8. The van der Waals surface area contributed by atoms with Crippen LogP contribution >= 0.6 is 0 Å². The van der Waals surface area contributed by atoms with E-state index in [-0.39, 0.29) is 6.42 Å². The molecule has 3 rings (SSSR count). The Bertz CT molecular complexity index is 880. The monoisotopic (exact) mass is 397 g/mol. The molecule has 29 heavy (non-hydrogen) atoms. The summed E-state index contributed by atoms with van der Waals surface area (Å²) in [5.74, 6) is -3.31. The number of benzene rings is 2. The Hall–Kier alpha value is -3.19. The Morgan fingerprint density at radius 1 is 0.966 bits per heavy atom. The number of carbonyl (C=O) groups excluding carboxylic acids is 1.